The number of hydrogen-bond acceptors (Lipinski definition) is 5. The predicted octanol–water partition coefficient (Wildman–Crippen LogP) is 1.65. The highest BCUT2D eigenvalue weighted by Gasteiger charge is 2.14. The van der Waals surface area contributed by atoms with Crippen LogP contribution in [-0.4, -0.2) is 33.7 Å². The molecule has 0 aliphatic rings. The van der Waals surface area contributed by atoms with Gasteiger partial charge in [-0.15, -0.1) is 0 Å². The molecule has 1 unspecified atom stereocenters. The van der Waals surface area contributed by atoms with Crippen LogP contribution in [0.1, 0.15) is 19.5 Å². The van der Waals surface area contributed by atoms with E-state index >= 15 is 0 Å². The number of rotatable bonds is 5. The summed E-state index contributed by atoms with van der Waals surface area (Å²) in [5, 5.41) is 7.48. The third kappa shape index (κ3) is 3.01. The molecule has 0 saturated carbocycles. The van der Waals surface area contributed by atoms with Gasteiger partial charge in [0.2, 0.25) is 0 Å². The van der Waals surface area contributed by atoms with Gasteiger partial charge < -0.3 is 10.1 Å². The molecule has 0 amide bonds. The van der Waals surface area contributed by atoms with Crippen LogP contribution in [0.4, 0.5) is 5.82 Å². The second kappa shape index (κ2) is 5.69. The summed E-state index contributed by atoms with van der Waals surface area (Å²) in [5.74, 6) is 0.303. The number of anilines is 1. The zero-order chi connectivity index (χ0) is 13.8. The molecule has 0 bridgehead atoms. The summed E-state index contributed by atoms with van der Waals surface area (Å²) in [6, 6.07) is 1.95. The van der Waals surface area contributed by atoms with E-state index in [1.807, 2.05) is 19.9 Å². The number of carbonyl (C=O) groups excluding carboxylic acids is 1. The molecule has 19 heavy (non-hydrogen) atoms. The average Bonchev–Trinajstić information content (AvgIpc) is 2.76. The van der Waals surface area contributed by atoms with Gasteiger partial charge in [0.15, 0.2) is 5.82 Å². The monoisotopic (exact) mass is 262 g/mol. The normalized spacial score (nSPS) is 12.4. The minimum absolute atomic E-state index is 0.202. The number of aryl methyl sites for hydroxylation is 1. The van der Waals surface area contributed by atoms with Crippen molar-refractivity contribution in [2.45, 2.75) is 20.8 Å². The molecule has 1 N–H and O–H groups in total. The highest BCUT2D eigenvalue weighted by Crippen LogP contribution is 2.15. The Kier molecular flexibility index (Phi) is 3.99. The standard InChI is InChI=1S/C13H18N4O2/c1-4-19-13(18)9(2)8-15-12-11-7-10(3)16-17(11)6-5-14-12/h5-7,9H,4,8H2,1-3H3,(H,14,15). The van der Waals surface area contributed by atoms with Gasteiger partial charge in [-0.05, 0) is 19.9 Å². The van der Waals surface area contributed by atoms with Gasteiger partial charge in [0.05, 0.1) is 18.2 Å². The molecular weight excluding hydrogens is 244 g/mol. The Morgan fingerprint density at radius 3 is 3.11 bits per heavy atom. The van der Waals surface area contributed by atoms with E-state index in [1.54, 1.807) is 23.8 Å². The quantitative estimate of drug-likeness (QED) is 0.830. The zero-order valence-electron chi connectivity index (χ0n) is 11.4. The summed E-state index contributed by atoms with van der Waals surface area (Å²) < 4.78 is 6.73. The molecule has 0 spiro atoms. The van der Waals surface area contributed by atoms with Crippen molar-refractivity contribution in [2.24, 2.45) is 5.92 Å². The average molecular weight is 262 g/mol. The summed E-state index contributed by atoms with van der Waals surface area (Å²) in [7, 11) is 0. The molecule has 2 aromatic heterocycles. The van der Waals surface area contributed by atoms with E-state index in [0.717, 1.165) is 17.0 Å². The van der Waals surface area contributed by atoms with E-state index < -0.39 is 0 Å². The maximum absolute atomic E-state index is 11.5. The van der Waals surface area contributed by atoms with Gasteiger partial charge in [-0.1, -0.05) is 6.92 Å². The number of ether oxygens (including phenoxy) is 1. The second-order valence-electron chi connectivity index (χ2n) is 4.43. The van der Waals surface area contributed by atoms with Gasteiger partial charge in [-0.3, -0.25) is 4.79 Å². The van der Waals surface area contributed by atoms with E-state index in [0.29, 0.717) is 13.2 Å². The lowest BCUT2D eigenvalue weighted by Crippen LogP contribution is -2.23. The van der Waals surface area contributed by atoms with Crippen molar-refractivity contribution in [2.75, 3.05) is 18.5 Å². The van der Waals surface area contributed by atoms with Crippen LogP contribution in [0.3, 0.4) is 0 Å². The first kappa shape index (κ1) is 13.3. The Morgan fingerprint density at radius 1 is 1.58 bits per heavy atom. The predicted molar refractivity (Wildman–Crippen MR) is 72.0 cm³/mol. The summed E-state index contributed by atoms with van der Waals surface area (Å²) in [4.78, 5) is 15.8. The highest BCUT2D eigenvalue weighted by molar-refractivity contribution is 5.73. The first-order valence-corrected chi connectivity index (χ1v) is 6.33. The third-order valence-electron chi connectivity index (χ3n) is 2.78. The highest BCUT2D eigenvalue weighted by atomic mass is 16.5. The number of fused-ring (bicyclic) bond motifs is 1. The van der Waals surface area contributed by atoms with Gasteiger partial charge in [0.1, 0.15) is 5.52 Å². The van der Waals surface area contributed by atoms with E-state index in [4.69, 9.17) is 4.74 Å². The van der Waals surface area contributed by atoms with Crippen molar-refractivity contribution < 1.29 is 9.53 Å². The topological polar surface area (TPSA) is 68.5 Å². The minimum atomic E-state index is -0.217. The number of esters is 1. The van der Waals surface area contributed by atoms with Gasteiger partial charge in [-0.2, -0.15) is 5.10 Å². The Bertz CT molecular complexity index is 579. The zero-order valence-corrected chi connectivity index (χ0v) is 11.4. The molecule has 2 heterocycles. The maximum atomic E-state index is 11.5. The van der Waals surface area contributed by atoms with E-state index in [9.17, 15) is 4.79 Å². The Morgan fingerprint density at radius 2 is 2.37 bits per heavy atom. The first-order valence-electron chi connectivity index (χ1n) is 6.33. The number of aromatic nitrogens is 3. The summed E-state index contributed by atoms with van der Waals surface area (Å²) >= 11 is 0. The molecule has 6 heteroatoms. The molecule has 0 aliphatic heterocycles. The molecule has 1 atom stereocenters. The first-order chi connectivity index (χ1) is 9.11. The Balaban J connectivity index is 2.07. The van der Waals surface area contributed by atoms with Crippen molar-refractivity contribution in [3.63, 3.8) is 0 Å². The lowest BCUT2D eigenvalue weighted by molar-refractivity contribution is -0.146. The maximum Gasteiger partial charge on any atom is 0.310 e. The number of nitrogens with one attached hydrogen (secondary N) is 1. The lowest BCUT2D eigenvalue weighted by atomic mass is 10.2. The fraction of sp³-hybridized carbons (Fsp3) is 0.462. The molecule has 102 valence electrons. The SMILES string of the molecule is CCOC(=O)C(C)CNc1nccn2nc(C)cc12. The molecule has 2 aromatic rings. The van der Waals surface area contributed by atoms with Crippen molar-refractivity contribution in [3.05, 3.63) is 24.2 Å². The van der Waals surface area contributed by atoms with Crippen LogP contribution < -0.4 is 5.32 Å². The molecule has 2 rings (SSSR count). The van der Waals surface area contributed by atoms with Crippen molar-refractivity contribution in [1.82, 2.24) is 14.6 Å². The lowest BCUT2D eigenvalue weighted by Gasteiger charge is -2.12. The second-order valence-corrected chi connectivity index (χ2v) is 4.43. The van der Waals surface area contributed by atoms with Crippen LogP contribution in [0.5, 0.6) is 0 Å². The number of hydrogen-bond donors (Lipinski definition) is 1. The molecule has 0 radical (unpaired) electrons. The number of nitrogens with zero attached hydrogens (tertiary/aromatic N) is 3. The van der Waals surface area contributed by atoms with Gasteiger partial charge in [0.25, 0.3) is 0 Å². The molecular formula is C13H18N4O2. The number of carbonyl (C=O) groups is 1. The van der Waals surface area contributed by atoms with E-state index in [-0.39, 0.29) is 11.9 Å². The van der Waals surface area contributed by atoms with Crippen LogP contribution in [0, 0.1) is 12.8 Å². The molecule has 0 fully saturated rings. The summed E-state index contributed by atoms with van der Waals surface area (Å²) in [6.45, 7) is 6.44. The summed E-state index contributed by atoms with van der Waals surface area (Å²) in [5.41, 5.74) is 1.82. The van der Waals surface area contributed by atoms with Gasteiger partial charge in [0, 0.05) is 18.9 Å². The van der Waals surface area contributed by atoms with E-state index in [2.05, 4.69) is 15.4 Å². The van der Waals surface area contributed by atoms with Crippen molar-refractivity contribution in [1.29, 1.82) is 0 Å². The van der Waals surface area contributed by atoms with Crippen LogP contribution >= 0.6 is 0 Å². The van der Waals surface area contributed by atoms with Crippen molar-refractivity contribution >= 4 is 17.3 Å². The van der Waals surface area contributed by atoms with Crippen molar-refractivity contribution in [3.8, 4) is 0 Å². The third-order valence-corrected chi connectivity index (χ3v) is 2.78. The molecule has 6 nitrogen and oxygen atoms in total. The molecule has 0 saturated heterocycles. The van der Waals surface area contributed by atoms with Crippen LogP contribution in [0.25, 0.3) is 5.52 Å². The molecule has 0 aromatic carbocycles. The van der Waals surface area contributed by atoms with Crippen LogP contribution in [0.2, 0.25) is 0 Å². The Hall–Kier alpha value is -2.11. The molecule has 0 aliphatic carbocycles. The van der Waals surface area contributed by atoms with Crippen LogP contribution in [0.15, 0.2) is 18.5 Å². The fourth-order valence-electron chi connectivity index (χ4n) is 1.80. The largest absolute Gasteiger partial charge is 0.466 e. The van der Waals surface area contributed by atoms with Gasteiger partial charge in [-0.25, -0.2) is 9.50 Å². The fourth-order valence-corrected chi connectivity index (χ4v) is 1.80. The minimum Gasteiger partial charge on any atom is -0.466 e. The van der Waals surface area contributed by atoms with Crippen LogP contribution in [-0.2, 0) is 9.53 Å². The summed E-state index contributed by atoms with van der Waals surface area (Å²) in [6.07, 6.45) is 3.47. The smallest absolute Gasteiger partial charge is 0.310 e. The Labute approximate surface area is 111 Å². The van der Waals surface area contributed by atoms with Gasteiger partial charge >= 0.3 is 5.97 Å². The van der Waals surface area contributed by atoms with E-state index in [1.165, 1.54) is 0 Å².